The number of hydrogen-bond acceptors (Lipinski definition) is 2. The standard InChI is InChI=1S/C12H22N2O/c1-9(2)8-14-10(3)7-12(11(14)4)5-6-15-13/h7,9H,5-6,8,13H2,1-4H3. The average molecular weight is 210 g/mol. The van der Waals surface area contributed by atoms with E-state index in [1.807, 2.05) is 0 Å². The minimum absolute atomic E-state index is 0.589. The van der Waals surface area contributed by atoms with Gasteiger partial charge in [0.1, 0.15) is 0 Å². The molecule has 3 heteroatoms. The second-order valence-corrected chi connectivity index (χ2v) is 4.52. The van der Waals surface area contributed by atoms with Gasteiger partial charge in [0.2, 0.25) is 0 Å². The number of rotatable bonds is 5. The van der Waals surface area contributed by atoms with Crippen molar-refractivity contribution in [2.75, 3.05) is 6.61 Å². The van der Waals surface area contributed by atoms with Gasteiger partial charge < -0.3 is 9.40 Å². The molecule has 86 valence electrons. The largest absolute Gasteiger partial charge is 0.349 e. The summed E-state index contributed by atoms with van der Waals surface area (Å²) >= 11 is 0. The smallest absolute Gasteiger partial charge is 0.0720 e. The van der Waals surface area contributed by atoms with Gasteiger partial charge in [-0.1, -0.05) is 13.8 Å². The van der Waals surface area contributed by atoms with Gasteiger partial charge in [-0.05, 0) is 37.8 Å². The topological polar surface area (TPSA) is 40.2 Å². The monoisotopic (exact) mass is 210 g/mol. The molecule has 2 N–H and O–H groups in total. The highest BCUT2D eigenvalue weighted by atomic mass is 16.6. The van der Waals surface area contributed by atoms with Crippen molar-refractivity contribution in [2.24, 2.45) is 11.8 Å². The second-order valence-electron chi connectivity index (χ2n) is 4.52. The minimum Gasteiger partial charge on any atom is -0.349 e. The van der Waals surface area contributed by atoms with Gasteiger partial charge in [-0.25, -0.2) is 5.90 Å². The maximum atomic E-state index is 5.05. The third-order valence-corrected chi connectivity index (χ3v) is 2.72. The number of nitrogens with zero attached hydrogens (tertiary/aromatic N) is 1. The average Bonchev–Trinajstić information content (AvgIpc) is 2.42. The molecule has 3 nitrogen and oxygen atoms in total. The predicted molar refractivity (Wildman–Crippen MR) is 62.6 cm³/mol. The Morgan fingerprint density at radius 2 is 2.07 bits per heavy atom. The van der Waals surface area contributed by atoms with Crippen LogP contribution in [0, 0.1) is 19.8 Å². The highest BCUT2D eigenvalue weighted by Gasteiger charge is 2.09. The summed E-state index contributed by atoms with van der Waals surface area (Å²) in [5, 5.41) is 0. The second kappa shape index (κ2) is 5.33. The third-order valence-electron chi connectivity index (χ3n) is 2.72. The van der Waals surface area contributed by atoms with Gasteiger partial charge in [0.25, 0.3) is 0 Å². The van der Waals surface area contributed by atoms with Crippen LogP contribution in [-0.4, -0.2) is 11.2 Å². The molecule has 0 aliphatic carbocycles. The maximum Gasteiger partial charge on any atom is 0.0720 e. The first-order chi connectivity index (χ1) is 7.06. The molecule has 1 heterocycles. The van der Waals surface area contributed by atoms with E-state index in [1.165, 1.54) is 17.0 Å². The molecule has 0 aliphatic heterocycles. The lowest BCUT2D eigenvalue weighted by Crippen LogP contribution is -2.09. The summed E-state index contributed by atoms with van der Waals surface area (Å²) in [4.78, 5) is 4.62. The lowest BCUT2D eigenvalue weighted by molar-refractivity contribution is 0.141. The van der Waals surface area contributed by atoms with Crippen LogP contribution in [0.4, 0.5) is 0 Å². The molecule has 0 atom stereocenters. The lowest BCUT2D eigenvalue weighted by atomic mass is 10.2. The van der Waals surface area contributed by atoms with Crippen molar-refractivity contribution in [3.05, 3.63) is 23.0 Å². The Morgan fingerprint density at radius 1 is 1.40 bits per heavy atom. The molecule has 15 heavy (non-hydrogen) atoms. The van der Waals surface area contributed by atoms with Crippen LogP contribution in [0.1, 0.15) is 30.8 Å². The molecular formula is C12H22N2O. The van der Waals surface area contributed by atoms with Gasteiger partial charge in [-0.2, -0.15) is 0 Å². The summed E-state index contributed by atoms with van der Waals surface area (Å²) in [6.45, 7) is 10.5. The number of hydrogen-bond donors (Lipinski definition) is 1. The van der Waals surface area contributed by atoms with E-state index < -0.39 is 0 Å². The summed E-state index contributed by atoms with van der Waals surface area (Å²) in [5.74, 6) is 5.72. The van der Waals surface area contributed by atoms with Gasteiger partial charge >= 0.3 is 0 Å². The third kappa shape index (κ3) is 3.08. The molecule has 0 saturated carbocycles. The van der Waals surface area contributed by atoms with Crippen molar-refractivity contribution < 1.29 is 4.84 Å². The zero-order chi connectivity index (χ0) is 11.4. The maximum absolute atomic E-state index is 5.05. The quantitative estimate of drug-likeness (QED) is 0.757. The van der Waals surface area contributed by atoms with Crippen LogP contribution in [-0.2, 0) is 17.8 Å². The van der Waals surface area contributed by atoms with Gasteiger partial charge in [-0.15, -0.1) is 0 Å². The molecule has 0 aromatic carbocycles. The van der Waals surface area contributed by atoms with Crippen molar-refractivity contribution in [3.8, 4) is 0 Å². The summed E-state index contributed by atoms with van der Waals surface area (Å²) in [6, 6.07) is 2.23. The molecular weight excluding hydrogens is 188 g/mol. The molecule has 0 saturated heterocycles. The van der Waals surface area contributed by atoms with E-state index in [4.69, 9.17) is 5.90 Å². The van der Waals surface area contributed by atoms with E-state index in [1.54, 1.807) is 0 Å². The zero-order valence-corrected chi connectivity index (χ0v) is 10.2. The van der Waals surface area contributed by atoms with E-state index in [0.29, 0.717) is 12.5 Å². The van der Waals surface area contributed by atoms with Crippen LogP contribution in [0.5, 0.6) is 0 Å². The molecule has 0 amide bonds. The fourth-order valence-electron chi connectivity index (χ4n) is 1.94. The summed E-state index contributed by atoms with van der Waals surface area (Å²) in [6.07, 6.45) is 0.897. The Balaban J connectivity index is 2.83. The van der Waals surface area contributed by atoms with Crippen LogP contribution in [0.25, 0.3) is 0 Å². The zero-order valence-electron chi connectivity index (χ0n) is 10.2. The molecule has 0 bridgehead atoms. The van der Waals surface area contributed by atoms with Gasteiger partial charge in [0.05, 0.1) is 6.61 Å². The molecule has 0 unspecified atom stereocenters. The van der Waals surface area contributed by atoms with Crippen molar-refractivity contribution >= 4 is 0 Å². The minimum atomic E-state index is 0.589. The van der Waals surface area contributed by atoms with E-state index >= 15 is 0 Å². The predicted octanol–water partition coefficient (Wildman–Crippen LogP) is 2.19. The van der Waals surface area contributed by atoms with E-state index in [9.17, 15) is 0 Å². The molecule has 0 fully saturated rings. The first-order valence-electron chi connectivity index (χ1n) is 5.53. The first-order valence-corrected chi connectivity index (χ1v) is 5.53. The van der Waals surface area contributed by atoms with Crippen LogP contribution in [0.2, 0.25) is 0 Å². The Morgan fingerprint density at radius 3 is 2.60 bits per heavy atom. The SMILES string of the molecule is Cc1cc(CCON)c(C)n1CC(C)C. The molecule has 1 aromatic rings. The Labute approximate surface area is 92.2 Å². The van der Waals surface area contributed by atoms with Gasteiger partial charge in [-0.3, -0.25) is 0 Å². The van der Waals surface area contributed by atoms with Gasteiger partial charge in [0, 0.05) is 17.9 Å². The summed E-state index contributed by atoms with van der Waals surface area (Å²) in [5.41, 5.74) is 4.02. The molecule has 0 spiro atoms. The molecule has 1 aromatic heterocycles. The van der Waals surface area contributed by atoms with Crippen LogP contribution in [0.15, 0.2) is 6.07 Å². The number of nitrogens with two attached hydrogens (primary N) is 1. The lowest BCUT2D eigenvalue weighted by Gasteiger charge is -2.12. The molecule has 0 aliphatic rings. The first kappa shape index (κ1) is 12.3. The Kier molecular flexibility index (Phi) is 4.36. The van der Waals surface area contributed by atoms with Crippen molar-refractivity contribution in [2.45, 2.75) is 40.7 Å². The summed E-state index contributed by atoms with van der Waals surface area (Å²) in [7, 11) is 0. The summed E-state index contributed by atoms with van der Waals surface area (Å²) < 4.78 is 2.37. The van der Waals surface area contributed by atoms with Gasteiger partial charge in [0.15, 0.2) is 0 Å². The Hall–Kier alpha value is -0.800. The van der Waals surface area contributed by atoms with Crippen LogP contribution in [0.3, 0.4) is 0 Å². The van der Waals surface area contributed by atoms with E-state index in [2.05, 4.69) is 43.2 Å². The number of aromatic nitrogens is 1. The van der Waals surface area contributed by atoms with E-state index in [-0.39, 0.29) is 0 Å². The van der Waals surface area contributed by atoms with Crippen molar-refractivity contribution in [1.29, 1.82) is 0 Å². The molecule has 0 radical (unpaired) electrons. The normalized spacial score (nSPS) is 11.3. The fourth-order valence-corrected chi connectivity index (χ4v) is 1.94. The number of aryl methyl sites for hydroxylation is 1. The van der Waals surface area contributed by atoms with Crippen molar-refractivity contribution in [1.82, 2.24) is 4.57 Å². The Bertz CT molecular complexity index is 316. The van der Waals surface area contributed by atoms with Crippen LogP contribution >= 0.6 is 0 Å². The van der Waals surface area contributed by atoms with Crippen molar-refractivity contribution in [3.63, 3.8) is 0 Å². The molecule has 1 rings (SSSR count). The van der Waals surface area contributed by atoms with E-state index in [0.717, 1.165) is 13.0 Å². The highest BCUT2D eigenvalue weighted by Crippen LogP contribution is 2.17. The highest BCUT2D eigenvalue weighted by molar-refractivity contribution is 5.26. The fraction of sp³-hybridized carbons (Fsp3) is 0.667. The van der Waals surface area contributed by atoms with Crippen LogP contribution < -0.4 is 5.90 Å².